The monoisotopic (exact) mass is 384 g/mol. The topological polar surface area (TPSA) is 59.1 Å². The van der Waals surface area contributed by atoms with Crippen LogP contribution in [0.5, 0.6) is 5.75 Å². The van der Waals surface area contributed by atoms with Crippen LogP contribution in [0.1, 0.15) is 20.8 Å². The molecule has 7 heteroatoms. The summed E-state index contributed by atoms with van der Waals surface area (Å²) in [6, 6.07) is 4.69. The van der Waals surface area contributed by atoms with E-state index in [1.165, 1.54) is 9.80 Å². The fourth-order valence-electron chi connectivity index (χ4n) is 2.20. The summed E-state index contributed by atoms with van der Waals surface area (Å²) in [4.78, 5) is 27.7. The number of likely N-dealkylation sites (N-methyl/N-ethyl adjacent to an activating group) is 2. The van der Waals surface area contributed by atoms with Crippen molar-refractivity contribution in [3.63, 3.8) is 0 Å². The average molecular weight is 385 g/mol. The van der Waals surface area contributed by atoms with Gasteiger partial charge in [0.1, 0.15) is 24.0 Å². The predicted molar refractivity (Wildman–Crippen MR) is 90.8 cm³/mol. The van der Waals surface area contributed by atoms with E-state index in [1.807, 2.05) is 12.1 Å². The SMILES string of the molecule is CN1C(=O)[C@H](N(C)C(=O)OC(C)(C)C)COc2ccc(Br)cc21. The molecule has 0 saturated heterocycles. The maximum Gasteiger partial charge on any atom is 0.410 e. The third-order valence-electron chi connectivity index (χ3n) is 3.44. The third-order valence-corrected chi connectivity index (χ3v) is 3.94. The quantitative estimate of drug-likeness (QED) is 0.746. The van der Waals surface area contributed by atoms with Gasteiger partial charge in [-0.05, 0) is 39.0 Å². The van der Waals surface area contributed by atoms with Gasteiger partial charge in [-0.25, -0.2) is 4.79 Å². The fourth-order valence-corrected chi connectivity index (χ4v) is 2.54. The maximum atomic E-state index is 12.7. The number of carbonyl (C=O) groups excluding carboxylic acids is 2. The summed E-state index contributed by atoms with van der Waals surface area (Å²) in [6.07, 6.45) is -0.556. The van der Waals surface area contributed by atoms with Gasteiger partial charge in [-0.3, -0.25) is 9.69 Å². The van der Waals surface area contributed by atoms with Crippen molar-refractivity contribution in [3.05, 3.63) is 22.7 Å². The molecule has 2 amide bonds. The first-order valence-corrected chi connectivity index (χ1v) is 8.05. The van der Waals surface area contributed by atoms with Crippen molar-refractivity contribution < 1.29 is 19.1 Å². The lowest BCUT2D eigenvalue weighted by Gasteiger charge is -2.30. The summed E-state index contributed by atoms with van der Waals surface area (Å²) in [7, 11) is 3.21. The minimum absolute atomic E-state index is 0.0769. The van der Waals surface area contributed by atoms with E-state index in [-0.39, 0.29) is 12.5 Å². The van der Waals surface area contributed by atoms with Crippen LogP contribution in [-0.4, -0.2) is 49.2 Å². The van der Waals surface area contributed by atoms with E-state index >= 15 is 0 Å². The molecule has 0 saturated carbocycles. The van der Waals surface area contributed by atoms with Crippen LogP contribution in [0.2, 0.25) is 0 Å². The van der Waals surface area contributed by atoms with E-state index in [1.54, 1.807) is 40.9 Å². The second-order valence-electron chi connectivity index (χ2n) is 6.43. The van der Waals surface area contributed by atoms with Crippen molar-refractivity contribution in [2.75, 3.05) is 25.6 Å². The molecule has 23 heavy (non-hydrogen) atoms. The summed E-state index contributed by atoms with van der Waals surface area (Å²) in [6.45, 7) is 5.42. The molecule has 1 aromatic rings. The summed E-state index contributed by atoms with van der Waals surface area (Å²) >= 11 is 3.39. The number of hydrogen-bond donors (Lipinski definition) is 0. The number of hydrogen-bond acceptors (Lipinski definition) is 4. The van der Waals surface area contributed by atoms with Crippen LogP contribution in [0, 0.1) is 0 Å². The van der Waals surface area contributed by atoms with Gasteiger partial charge in [0.05, 0.1) is 5.69 Å². The average Bonchev–Trinajstić information content (AvgIpc) is 2.56. The van der Waals surface area contributed by atoms with E-state index in [9.17, 15) is 9.59 Å². The first kappa shape index (κ1) is 17.6. The maximum absolute atomic E-state index is 12.7. The van der Waals surface area contributed by atoms with Gasteiger partial charge in [-0.1, -0.05) is 15.9 Å². The van der Waals surface area contributed by atoms with Crippen molar-refractivity contribution in [2.45, 2.75) is 32.4 Å². The molecule has 0 radical (unpaired) electrons. The lowest BCUT2D eigenvalue weighted by atomic mass is 10.2. The molecule has 0 unspecified atom stereocenters. The highest BCUT2D eigenvalue weighted by Crippen LogP contribution is 2.33. The molecule has 1 aliphatic rings. The molecule has 6 nitrogen and oxygen atoms in total. The fraction of sp³-hybridized carbons (Fsp3) is 0.500. The molecule has 0 bridgehead atoms. The Bertz CT molecular complexity index is 627. The van der Waals surface area contributed by atoms with E-state index in [2.05, 4.69) is 15.9 Å². The van der Waals surface area contributed by atoms with Crippen LogP contribution in [0.3, 0.4) is 0 Å². The van der Waals surface area contributed by atoms with Crippen molar-refractivity contribution in [1.29, 1.82) is 0 Å². The molecule has 1 atom stereocenters. The Labute approximate surface area is 144 Å². The van der Waals surface area contributed by atoms with E-state index < -0.39 is 17.7 Å². The normalized spacial score (nSPS) is 17.9. The van der Waals surface area contributed by atoms with Crippen molar-refractivity contribution in [3.8, 4) is 5.75 Å². The molecular weight excluding hydrogens is 364 g/mol. The number of carbonyl (C=O) groups is 2. The highest BCUT2D eigenvalue weighted by atomic mass is 79.9. The number of halogens is 1. The van der Waals surface area contributed by atoms with Crippen LogP contribution >= 0.6 is 15.9 Å². The number of fused-ring (bicyclic) bond motifs is 1. The van der Waals surface area contributed by atoms with E-state index in [0.717, 1.165) is 4.47 Å². The molecule has 2 rings (SSSR count). The molecule has 1 aromatic carbocycles. The Morgan fingerprint density at radius 3 is 2.70 bits per heavy atom. The number of benzene rings is 1. The first-order chi connectivity index (χ1) is 10.6. The Balaban J connectivity index is 2.23. The first-order valence-electron chi connectivity index (χ1n) is 7.26. The van der Waals surface area contributed by atoms with Crippen LogP contribution in [0.25, 0.3) is 0 Å². The number of nitrogens with zero attached hydrogens (tertiary/aromatic N) is 2. The van der Waals surface area contributed by atoms with Crippen LogP contribution < -0.4 is 9.64 Å². The molecular formula is C16H21BrN2O4. The largest absolute Gasteiger partial charge is 0.489 e. The van der Waals surface area contributed by atoms with Crippen LogP contribution in [0.15, 0.2) is 22.7 Å². The minimum Gasteiger partial charge on any atom is -0.489 e. The summed E-state index contributed by atoms with van der Waals surface area (Å²) < 4.78 is 11.9. The van der Waals surface area contributed by atoms with Gasteiger partial charge in [0.2, 0.25) is 0 Å². The molecule has 0 N–H and O–H groups in total. The second kappa shape index (κ2) is 6.39. The van der Waals surface area contributed by atoms with E-state index in [4.69, 9.17) is 9.47 Å². The van der Waals surface area contributed by atoms with Gasteiger partial charge in [-0.15, -0.1) is 0 Å². The van der Waals surface area contributed by atoms with Gasteiger partial charge in [-0.2, -0.15) is 0 Å². The lowest BCUT2D eigenvalue weighted by Crippen LogP contribution is -2.51. The van der Waals surface area contributed by atoms with Crippen molar-refractivity contribution >= 4 is 33.6 Å². The third kappa shape index (κ3) is 3.96. The molecule has 0 aliphatic carbocycles. The summed E-state index contributed by atoms with van der Waals surface area (Å²) in [5.74, 6) is 0.374. The highest BCUT2D eigenvalue weighted by Gasteiger charge is 2.36. The summed E-state index contributed by atoms with van der Waals surface area (Å²) in [5, 5.41) is 0. The zero-order valence-electron chi connectivity index (χ0n) is 13.9. The number of rotatable bonds is 1. The van der Waals surface area contributed by atoms with E-state index in [0.29, 0.717) is 11.4 Å². The van der Waals surface area contributed by atoms with Gasteiger partial charge < -0.3 is 14.4 Å². The Kier molecular flexibility index (Phi) is 4.89. The smallest absolute Gasteiger partial charge is 0.410 e. The lowest BCUT2D eigenvalue weighted by molar-refractivity contribution is -0.123. The van der Waals surface area contributed by atoms with Gasteiger partial charge >= 0.3 is 6.09 Å². The van der Waals surface area contributed by atoms with Gasteiger partial charge in [0.25, 0.3) is 5.91 Å². The molecule has 0 fully saturated rings. The number of anilines is 1. The molecule has 1 aliphatic heterocycles. The Morgan fingerprint density at radius 2 is 2.09 bits per heavy atom. The van der Waals surface area contributed by atoms with Crippen LogP contribution in [0.4, 0.5) is 10.5 Å². The van der Waals surface area contributed by atoms with Gasteiger partial charge in [0.15, 0.2) is 0 Å². The van der Waals surface area contributed by atoms with Crippen molar-refractivity contribution in [1.82, 2.24) is 4.90 Å². The number of amides is 2. The summed E-state index contributed by atoms with van der Waals surface area (Å²) in [5.41, 5.74) is 0.0316. The second-order valence-corrected chi connectivity index (χ2v) is 7.34. The van der Waals surface area contributed by atoms with Gasteiger partial charge in [0, 0.05) is 18.6 Å². The standard InChI is InChI=1S/C16H21BrN2O4/c1-16(2,3)23-15(21)19(5)12-9-22-13-7-6-10(17)8-11(13)18(4)14(12)20/h6-8,12H,9H2,1-5H3/t12-/m1/s1. The molecule has 1 heterocycles. The molecule has 0 aromatic heterocycles. The zero-order valence-corrected chi connectivity index (χ0v) is 15.5. The number of ether oxygens (including phenoxy) is 2. The molecule has 0 spiro atoms. The highest BCUT2D eigenvalue weighted by molar-refractivity contribution is 9.10. The predicted octanol–water partition coefficient (Wildman–Crippen LogP) is 3.04. The van der Waals surface area contributed by atoms with Crippen LogP contribution in [-0.2, 0) is 9.53 Å². The Hall–Kier alpha value is -1.76. The Morgan fingerprint density at radius 1 is 1.43 bits per heavy atom. The molecule has 126 valence electrons. The minimum atomic E-state index is -0.749. The van der Waals surface area contributed by atoms with Crippen molar-refractivity contribution in [2.24, 2.45) is 0 Å². The zero-order chi connectivity index (χ0) is 17.4.